The van der Waals surface area contributed by atoms with Gasteiger partial charge in [0.1, 0.15) is 0 Å². The third-order valence-electron chi connectivity index (χ3n) is 2.63. The first-order valence-corrected chi connectivity index (χ1v) is 6.28. The highest BCUT2D eigenvalue weighted by Crippen LogP contribution is 2.30. The lowest BCUT2D eigenvalue weighted by Gasteiger charge is -2.16. The van der Waals surface area contributed by atoms with Crippen LogP contribution in [0.25, 0.3) is 0 Å². The summed E-state index contributed by atoms with van der Waals surface area (Å²) in [6.45, 7) is 1.21. The Labute approximate surface area is 122 Å². The average Bonchev–Trinajstić information content (AvgIpc) is 2.46. The molecule has 1 aromatic rings. The smallest absolute Gasteiger partial charge is 0.335 e. The molecule has 0 saturated carbocycles. The number of rotatable bonds is 8. The number of hydrogen-bond acceptors (Lipinski definition) is 7. The molecule has 0 aliphatic carbocycles. The number of esters is 1. The maximum absolute atomic E-state index is 11.7. The molecule has 8 heteroatoms. The highest BCUT2D eigenvalue weighted by atomic mass is 16.6. The number of anilines is 1. The average molecular weight is 298 g/mol. The van der Waals surface area contributed by atoms with Gasteiger partial charge in [0, 0.05) is 16.7 Å². The van der Waals surface area contributed by atoms with Gasteiger partial charge in [0.2, 0.25) is 6.54 Å². The van der Waals surface area contributed by atoms with Gasteiger partial charge in [-0.05, 0) is 19.1 Å². The largest absolute Gasteiger partial charge is 0.493 e. The van der Waals surface area contributed by atoms with E-state index in [0.29, 0.717) is 17.2 Å². The van der Waals surface area contributed by atoms with Crippen LogP contribution in [0.3, 0.4) is 0 Å². The van der Waals surface area contributed by atoms with Crippen molar-refractivity contribution < 1.29 is 23.9 Å². The molecule has 116 valence electrons. The Kier molecular flexibility index (Phi) is 6.25. The molecule has 0 spiro atoms. The first kappa shape index (κ1) is 16.5. The van der Waals surface area contributed by atoms with E-state index >= 15 is 0 Å². The number of benzene rings is 1. The first-order valence-electron chi connectivity index (χ1n) is 6.28. The van der Waals surface area contributed by atoms with Crippen LogP contribution in [0.2, 0.25) is 0 Å². The molecule has 0 heterocycles. The number of carbonyl (C=O) groups is 1. The number of methoxy groups -OCH3 is 2. The summed E-state index contributed by atoms with van der Waals surface area (Å²) in [6.07, 6.45) is 0. The molecule has 0 radical (unpaired) electrons. The monoisotopic (exact) mass is 298 g/mol. The molecular weight excluding hydrogens is 280 g/mol. The maximum atomic E-state index is 11.7. The van der Waals surface area contributed by atoms with Gasteiger partial charge in [0.05, 0.1) is 20.8 Å². The van der Waals surface area contributed by atoms with Gasteiger partial charge in [-0.25, -0.2) is 4.79 Å². The van der Waals surface area contributed by atoms with Gasteiger partial charge in [-0.3, -0.25) is 10.1 Å². The highest BCUT2D eigenvalue weighted by molar-refractivity contribution is 5.79. The fourth-order valence-electron chi connectivity index (χ4n) is 1.70. The number of hydrogen-bond donors (Lipinski definition) is 1. The van der Waals surface area contributed by atoms with Gasteiger partial charge in [-0.2, -0.15) is 0 Å². The molecule has 0 amide bonds. The van der Waals surface area contributed by atoms with E-state index in [0.717, 1.165) is 0 Å². The van der Waals surface area contributed by atoms with E-state index in [9.17, 15) is 14.9 Å². The van der Waals surface area contributed by atoms with E-state index in [-0.39, 0.29) is 6.61 Å². The molecule has 0 fully saturated rings. The van der Waals surface area contributed by atoms with Gasteiger partial charge in [-0.15, -0.1) is 0 Å². The molecule has 21 heavy (non-hydrogen) atoms. The van der Waals surface area contributed by atoms with Crippen LogP contribution in [0.1, 0.15) is 6.92 Å². The standard InChI is InChI=1S/C13H18N2O6/c1-4-21-13(16)10(8-15(17)18)14-9-5-6-11(19-2)12(7-9)20-3/h5-7,10,14H,4,8H2,1-3H3. The molecule has 1 rings (SSSR count). The Hall–Kier alpha value is -2.51. The van der Waals surface area contributed by atoms with Crippen molar-refractivity contribution in [3.05, 3.63) is 28.3 Å². The third-order valence-corrected chi connectivity index (χ3v) is 2.63. The molecule has 1 N–H and O–H groups in total. The zero-order valence-electron chi connectivity index (χ0n) is 12.1. The van der Waals surface area contributed by atoms with E-state index in [1.807, 2.05) is 0 Å². The van der Waals surface area contributed by atoms with Crippen LogP contribution >= 0.6 is 0 Å². The fraction of sp³-hybridized carbons (Fsp3) is 0.462. The predicted octanol–water partition coefficient (Wildman–Crippen LogP) is 1.32. The minimum Gasteiger partial charge on any atom is -0.493 e. The summed E-state index contributed by atoms with van der Waals surface area (Å²) in [5, 5.41) is 13.4. The number of carbonyl (C=O) groups excluding carboxylic acids is 1. The molecule has 0 aliphatic heterocycles. The van der Waals surface area contributed by atoms with Crippen LogP contribution in [0.4, 0.5) is 5.69 Å². The second kappa shape index (κ2) is 7.93. The van der Waals surface area contributed by atoms with Gasteiger partial charge >= 0.3 is 5.97 Å². The topological polar surface area (TPSA) is 99.9 Å². The zero-order valence-corrected chi connectivity index (χ0v) is 12.1. The lowest BCUT2D eigenvalue weighted by molar-refractivity contribution is -0.480. The van der Waals surface area contributed by atoms with Crippen LogP contribution in [0.15, 0.2) is 18.2 Å². The molecule has 1 aromatic carbocycles. The van der Waals surface area contributed by atoms with E-state index in [1.54, 1.807) is 25.1 Å². The number of nitrogens with zero attached hydrogens (tertiary/aromatic N) is 1. The summed E-state index contributed by atoms with van der Waals surface area (Å²) in [4.78, 5) is 21.8. The molecule has 0 aliphatic rings. The van der Waals surface area contributed by atoms with Crippen molar-refractivity contribution in [2.45, 2.75) is 13.0 Å². The molecule has 1 unspecified atom stereocenters. The van der Waals surface area contributed by atoms with Gasteiger partial charge in [0.25, 0.3) is 0 Å². The van der Waals surface area contributed by atoms with Crippen molar-refractivity contribution in [3.63, 3.8) is 0 Å². The second-order valence-corrected chi connectivity index (χ2v) is 4.03. The molecule has 8 nitrogen and oxygen atoms in total. The number of nitrogens with one attached hydrogen (secondary N) is 1. The summed E-state index contributed by atoms with van der Waals surface area (Å²) < 4.78 is 15.0. The fourth-order valence-corrected chi connectivity index (χ4v) is 1.70. The van der Waals surface area contributed by atoms with Crippen LogP contribution < -0.4 is 14.8 Å². The molecule has 0 bridgehead atoms. The normalized spacial score (nSPS) is 11.4. The Morgan fingerprint density at radius 1 is 1.33 bits per heavy atom. The minimum atomic E-state index is -1.07. The molecular formula is C13H18N2O6. The number of ether oxygens (including phenoxy) is 3. The molecule has 0 saturated heterocycles. The van der Waals surface area contributed by atoms with E-state index in [2.05, 4.69) is 5.32 Å². The summed E-state index contributed by atoms with van der Waals surface area (Å²) in [7, 11) is 2.97. The van der Waals surface area contributed by atoms with Crippen molar-refractivity contribution in [3.8, 4) is 11.5 Å². The Morgan fingerprint density at radius 3 is 2.52 bits per heavy atom. The van der Waals surface area contributed by atoms with Gasteiger partial charge in [0.15, 0.2) is 17.5 Å². The van der Waals surface area contributed by atoms with Crippen LogP contribution in [0, 0.1) is 10.1 Å². The zero-order chi connectivity index (χ0) is 15.8. The third kappa shape index (κ3) is 4.83. The quantitative estimate of drug-likeness (QED) is 0.439. The van der Waals surface area contributed by atoms with E-state index < -0.39 is 23.5 Å². The summed E-state index contributed by atoms with van der Waals surface area (Å²) in [6, 6.07) is 3.78. The Bertz CT molecular complexity index is 505. The van der Waals surface area contributed by atoms with Gasteiger partial charge < -0.3 is 19.5 Å². The van der Waals surface area contributed by atoms with E-state index in [4.69, 9.17) is 14.2 Å². The van der Waals surface area contributed by atoms with Crippen molar-refractivity contribution in [1.29, 1.82) is 0 Å². The molecule has 1 atom stereocenters. The van der Waals surface area contributed by atoms with Crippen molar-refractivity contribution in [2.75, 3.05) is 32.7 Å². The lowest BCUT2D eigenvalue weighted by Crippen LogP contribution is -2.37. The Morgan fingerprint density at radius 2 is 2.00 bits per heavy atom. The van der Waals surface area contributed by atoms with Crippen LogP contribution in [-0.2, 0) is 9.53 Å². The van der Waals surface area contributed by atoms with Crippen molar-refractivity contribution in [2.24, 2.45) is 0 Å². The highest BCUT2D eigenvalue weighted by Gasteiger charge is 2.25. The van der Waals surface area contributed by atoms with Crippen LogP contribution in [-0.4, -0.2) is 44.3 Å². The SMILES string of the molecule is CCOC(=O)C(C[N+](=O)[O-])Nc1ccc(OC)c(OC)c1. The predicted molar refractivity (Wildman–Crippen MR) is 75.5 cm³/mol. The lowest BCUT2D eigenvalue weighted by atomic mass is 10.2. The molecule has 0 aromatic heterocycles. The van der Waals surface area contributed by atoms with Gasteiger partial charge in [-0.1, -0.05) is 0 Å². The first-order chi connectivity index (χ1) is 10.0. The second-order valence-electron chi connectivity index (χ2n) is 4.03. The summed E-state index contributed by atoms with van der Waals surface area (Å²) >= 11 is 0. The summed E-state index contributed by atoms with van der Waals surface area (Å²) in [5.74, 6) is 0.292. The maximum Gasteiger partial charge on any atom is 0.335 e. The summed E-state index contributed by atoms with van der Waals surface area (Å²) in [5.41, 5.74) is 0.493. The minimum absolute atomic E-state index is 0.153. The number of nitro groups is 1. The van der Waals surface area contributed by atoms with Crippen molar-refractivity contribution in [1.82, 2.24) is 0 Å². The van der Waals surface area contributed by atoms with E-state index in [1.165, 1.54) is 14.2 Å². The Balaban J connectivity index is 2.92. The van der Waals surface area contributed by atoms with Crippen molar-refractivity contribution >= 4 is 11.7 Å². The van der Waals surface area contributed by atoms with Crippen LogP contribution in [0.5, 0.6) is 11.5 Å².